The monoisotopic (exact) mass is 369 g/mol. The average molecular weight is 369 g/mol. The van der Waals surface area contributed by atoms with Crippen LogP contribution < -0.4 is 5.32 Å². The smallest absolute Gasteiger partial charge is 0.255 e. The van der Waals surface area contributed by atoms with E-state index in [0.29, 0.717) is 12.1 Å². The second-order valence-corrected chi connectivity index (χ2v) is 6.36. The molecule has 0 spiro atoms. The van der Waals surface area contributed by atoms with Gasteiger partial charge in [0.25, 0.3) is 5.91 Å². The zero-order chi connectivity index (χ0) is 19.3. The van der Waals surface area contributed by atoms with E-state index in [0.717, 1.165) is 28.2 Å². The van der Waals surface area contributed by atoms with E-state index in [1.165, 1.54) is 0 Å². The minimum Gasteiger partial charge on any atom is -0.348 e. The molecule has 0 saturated heterocycles. The molecular weight excluding hydrogens is 350 g/mol. The highest BCUT2D eigenvalue weighted by Gasteiger charge is 2.15. The van der Waals surface area contributed by atoms with Crippen LogP contribution in [0.2, 0.25) is 0 Å². The number of amides is 1. The maximum Gasteiger partial charge on any atom is 0.255 e. The lowest BCUT2D eigenvalue weighted by Crippen LogP contribution is -2.23. The number of aromatic nitrogens is 4. The third-order valence-corrected chi connectivity index (χ3v) is 4.51. The van der Waals surface area contributed by atoms with Crippen LogP contribution in [0.3, 0.4) is 0 Å². The molecule has 0 saturated carbocycles. The predicted molar refractivity (Wildman–Crippen MR) is 107 cm³/mol. The van der Waals surface area contributed by atoms with Crippen molar-refractivity contribution in [1.29, 1.82) is 0 Å². The van der Waals surface area contributed by atoms with Gasteiger partial charge in [0.1, 0.15) is 0 Å². The zero-order valence-corrected chi connectivity index (χ0v) is 15.4. The summed E-state index contributed by atoms with van der Waals surface area (Å²) in [7, 11) is 0. The molecule has 0 unspecified atom stereocenters. The fraction of sp³-hybridized carbons (Fsp3) is 0.0909. The molecule has 3 heterocycles. The van der Waals surface area contributed by atoms with Crippen LogP contribution in [-0.4, -0.2) is 25.7 Å². The standard InChI is InChI=1S/C22H19N5O/c1-16-20(15-26-27(16)19-5-3-2-4-6-19)22(28)25-14-17-7-12-24-21(13-17)18-8-10-23-11-9-18/h2-13,15H,14H2,1H3,(H,25,28). The maximum absolute atomic E-state index is 12.7. The molecule has 6 heteroatoms. The molecule has 0 fully saturated rings. The number of pyridine rings is 2. The molecule has 28 heavy (non-hydrogen) atoms. The molecule has 4 aromatic rings. The van der Waals surface area contributed by atoms with E-state index < -0.39 is 0 Å². The van der Waals surface area contributed by atoms with Crippen molar-refractivity contribution >= 4 is 5.91 Å². The van der Waals surface area contributed by atoms with Gasteiger partial charge >= 0.3 is 0 Å². The number of nitrogens with one attached hydrogen (secondary N) is 1. The van der Waals surface area contributed by atoms with Gasteiger partial charge in [-0.05, 0) is 48.9 Å². The Morgan fingerprint density at radius 1 is 1.04 bits per heavy atom. The van der Waals surface area contributed by atoms with Gasteiger partial charge in [-0.25, -0.2) is 4.68 Å². The Hall–Kier alpha value is -3.80. The van der Waals surface area contributed by atoms with Crippen molar-refractivity contribution in [1.82, 2.24) is 25.1 Å². The highest BCUT2D eigenvalue weighted by atomic mass is 16.1. The van der Waals surface area contributed by atoms with Crippen molar-refractivity contribution in [2.75, 3.05) is 0 Å². The molecule has 4 rings (SSSR count). The largest absolute Gasteiger partial charge is 0.348 e. The summed E-state index contributed by atoms with van der Waals surface area (Å²) in [6, 6.07) is 17.4. The fourth-order valence-electron chi connectivity index (χ4n) is 3.00. The van der Waals surface area contributed by atoms with Crippen LogP contribution in [0.5, 0.6) is 0 Å². The van der Waals surface area contributed by atoms with Gasteiger partial charge < -0.3 is 5.32 Å². The number of carbonyl (C=O) groups is 1. The molecule has 0 radical (unpaired) electrons. The van der Waals surface area contributed by atoms with E-state index in [-0.39, 0.29) is 5.91 Å². The second kappa shape index (κ2) is 7.84. The van der Waals surface area contributed by atoms with Crippen molar-refractivity contribution in [3.8, 4) is 16.9 Å². The molecule has 0 aliphatic carbocycles. The molecule has 1 amide bonds. The third-order valence-electron chi connectivity index (χ3n) is 4.51. The number of carbonyl (C=O) groups excluding carboxylic acids is 1. The lowest BCUT2D eigenvalue weighted by atomic mass is 10.1. The summed E-state index contributed by atoms with van der Waals surface area (Å²) >= 11 is 0. The van der Waals surface area contributed by atoms with Crippen LogP contribution in [-0.2, 0) is 6.54 Å². The van der Waals surface area contributed by atoms with Gasteiger partial charge in [0.15, 0.2) is 0 Å². The van der Waals surface area contributed by atoms with Gasteiger partial charge in [0.05, 0.1) is 28.8 Å². The Kier molecular flexibility index (Phi) is 4.93. The first-order chi connectivity index (χ1) is 13.7. The molecule has 138 valence electrons. The molecule has 1 aromatic carbocycles. The summed E-state index contributed by atoms with van der Waals surface area (Å²) in [4.78, 5) is 21.1. The Morgan fingerprint density at radius 2 is 1.82 bits per heavy atom. The Labute approximate surface area is 162 Å². The summed E-state index contributed by atoms with van der Waals surface area (Å²) in [6.07, 6.45) is 6.82. The quantitative estimate of drug-likeness (QED) is 0.584. The van der Waals surface area contributed by atoms with Crippen molar-refractivity contribution < 1.29 is 4.79 Å². The molecule has 0 aliphatic heterocycles. The fourth-order valence-corrected chi connectivity index (χ4v) is 3.00. The average Bonchev–Trinajstić information content (AvgIpc) is 3.15. The highest BCUT2D eigenvalue weighted by Crippen LogP contribution is 2.17. The van der Waals surface area contributed by atoms with Gasteiger partial charge in [-0.1, -0.05) is 18.2 Å². The molecule has 3 aromatic heterocycles. The van der Waals surface area contributed by atoms with Crippen LogP contribution in [0.1, 0.15) is 21.6 Å². The van der Waals surface area contributed by atoms with Gasteiger partial charge in [-0.3, -0.25) is 14.8 Å². The molecule has 1 N–H and O–H groups in total. The van der Waals surface area contributed by atoms with E-state index in [1.54, 1.807) is 29.5 Å². The first-order valence-electron chi connectivity index (χ1n) is 8.96. The summed E-state index contributed by atoms with van der Waals surface area (Å²) < 4.78 is 1.77. The van der Waals surface area contributed by atoms with E-state index in [4.69, 9.17) is 0 Å². The molecule has 0 atom stereocenters. The highest BCUT2D eigenvalue weighted by molar-refractivity contribution is 5.95. The maximum atomic E-state index is 12.7. The number of nitrogens with zero attached hydrogens (tertiary/aromatic N) is 4. The summed E-state index contributed by atoms with van der Waals surface area (Å²) in [6.45, 7) is 2.30. The molecular formula is C22H19N5O. The van der Waals surface area contributed by atoms with Gasteiger partial charge in [-0.15, -0.1) is 0 Å². The lowest BCUT2D eigenvalue weighted by Gasteiger charge is -2.08. The third kappa shape index (κ3) is 3.66. The summed E-state index contributed by atoms with van der Waals surface area (Å²) in [5.74, 6) is -0.151. The molecule has 0 bridgehead atoms. The lowest BCUT2D eigenvalue weighted by molar-refractivity contribution is 0.0950. The van der Waals surface area contributed by atoms with Crippen LogP contribution in [0.25, 0.3) is 16.9 Å². The van der Waals surface area contributed by atoms with Crippen LogP contribution in [0, 0.1) is 6.92 Å². The van der Waals surface area contributed by atoms with Crippen LogP contribution in [0.4, 0.5) is 0 Å². The minimum absolute atomic E-state index is 0.151. The topological polar surface area (TPSA) is 72.7 Å². The van der Waals surface area contributed by atoms with E-state index >= 15 is 0 Å². The molecule has 6 nitrogen and oxygen atoms in total. The number of benzene rings is 1. The molecule has 0 aliphatic rings. The van der Waals surface area contributed by atoms with Crippen LogP contribution >= 0.6 is 0 Å². The number of hydrogen-bond acceptors (Lipinski definition) is 4. The predicted octanol–water partition coefficient (Wildman–Crippen LogP) is 3.57. The number of para-hydroxylation sites is 1. The zero-order valence-electron chi connectivity index (χ0n) is 15.4. The Bertz CT molecular complexity index is 1090. The van der Waals surface area contributed by atoms with Gasteiger partial charge in [0.2, 0.25) is 0 Å². The summed E-state index contributed by atoms with van der Waals surface area (Å²) in [5, 5.41) is 7.32. The van der Waals surface area contributed by atoms with Crippen molar-refractivity contribution in [2.45, 2.75) is 13.5 Å². The Balaban J connectivity index is 1.48. The van der Waals surface area contributed by atoms with Crippen LogP contribution in [0.15, 0.2) is 79.4 Å². The van der Waals surface area contributed by atoms with E-state index in [2.05, 4.69) is 20.4 Å². The minimum atomic E-state index is -0.151. The number of hydrogen-bond donors (Lipinski definition) is 1. The van der Waals surface area contributed by atoms with Gasteiger partial charge in [-0.2, -0.15) is 5.10 Å². The first-order valence-corrected chi connectivity index (χ1v) is 8.96. The van der Waals surface area contributed by atoms with E-state index in [9.17, 15) is 4.79 Å². The normalized spacial score (nSPS) is 10.6. The second-order valence-electron chi connectivity index (χ2n) is 6.36. The van der Waals surface area contributed by atoms with Crippen molar-refractivity contribution in [3.63, 3.8) is 0 Å². The number of rotatable bonds is 5. The Morgan fingerprint density at radius 3 is 2.61 bits per heavy atom. The van der Waals surface area contributed by atoms with Crippen molar-refractivity contribution in [3.05, 3.63) is 96.2 Å². The first kappa shape index (κ1) is 17.6. The van der Waals surface area contributed by atoms with Gasteiger partial charge in [0, 0.05) is 30.7 Å². The van der Waals surface area contributed by atoms with Crippen molar-refractivity contribution in [2.24, 2.45) is 0 Å². The van der Waals surface area contributed by atoms with E-state index in [1.807, 2.05) is 61.5 Å². The summed E-state index contributed by atoms with van der Waals surface area (Å²) in [5.41, 5.74) is 5.10. The SMILES string of the molecule is Cc1c(C(=O)NCc2ccnc(-c3ccncc3)c2)cnn1-c1ccccc1.